The van der Waals surface area contributed by atoms with Gasteiger partial charge in [-0.3, -0.25) is 0 Å². The van der Waals surface area contributed by atoms with Crippen molar-refractivity contribution >= 4 is 22.7 Å². The van der Waals surface area contributed by atoms with Gasteiger partial charge >= 0.3 is 6.18 Å². The van der Waals surface area contributed by atoms with Crippen LogP contribution < -0.4 is 0 Å². The van der Waals surface area contributed by atoms with E-state index in [-0.39, 0.29) is 6.04 Å². The fraction of sp³-hybridized carbons (Fsp3) is 0.103. The number of hydrogen-bond acceptors (Lipinski definition) is 1. The van der Waals surface area contributed by atoms with Crippen LogP contribution >= 0.6 is 11.8 Å². The molecule has 0 aliphatic rings. The molecule has 4 aromatic carbocycles. The topological polar surface area (TPSA) is 4.93 Å². The average Bonchev–Trinajstić information content (AvgIpc) is 3.22. The summed E-state index contributed by atoms with van der Waals surface area (Å²) in [6.07, 6.45) is -2.21. The standard InChI is InChI=1S/C29H22F3NS/c30-29(31,32)24-15-9-10-21(18-24)20-34-27-19-33(26-17-8-7-16-25(26)27)28(22-11-3-1-4-12-22)23-13-5-2-6-14-23/h1-19,28H,20H2. The summed E-state index contributed by atoms with van der Waals surface area (Å²) in [6, 6.07) is 34.5. The zero-order chi connectivity index (χ0) is 23.5. The summed E-state index contributed by atoms with van der Waals surface area (Å²) in [5.74, 6) is 0.458. The average molecular weight is 474 g/mol. The molecule has 5 heteroatoms. The van der Waals surface area contributed by atoms with Crippen LogP contribution in [0.15, 0.2) is 120 Å². The van der Waals surface area contributed by atoms with Gasteiger partial charge in [-0.1, -0.05) is 97.1 Å². The van der Waals surface area contributed by atoms with E-state index in [4.69, 9.17) is 0 Å². The van der Waals surface area contributed by atoms with Gasteiger partial charge in [0.25, 0.3) is 0 Å². The molecule has 0 fully saturated rings. The molecule has 5 rings (SSSR count). The van der Waals surface area contributed by atoms with Crippen molar-refractivity contribution in [1.82, 2.24) is 4.57 Å². The Kier molecular flexibility index (Phi) is 6.20. The Morgan fingerprint density at radius 2 is 1.32 bits per heavy atom. The third-order valence-corrected chi connectivity index (χ3v) is 6.98. The normalized spacial score (nSPS) is 11.9. The predicted octanol–water partition coefficient (Wildman–Crippen LogP) is 8.59. The minimum absolute atomic E-state index is 0.0183. The summed E-state index contributed by atoms with van der Waals surface area (Å²) in [7, 11) is 0. The largest absolute Gasteiger partial charge is 0.416 e. The maximum absolute atomic E-state index is 13.1. The van der Waals surface area contributed by atoms with Gasteiger partial charge in [0.2, 0.25) is 0 Å². The lowest BCUT2D eigenvalue weighted by molar-refractivity contribution is -0.137. The highest BCUT2D eigenvalue weighted by molar-refractivity contribution is 7.98. The van der Waals surface area contributed by atoms with Crippen LogP contribution in [0.25, 0.3) is 10.9 Å². The molecule has 0 aliphatic carbocycles. The number of aromatic nitrogens is 1. The summed E-state index contributed by atoms with van der Waals surface area (Å²) in [5.41, 5.74) is 3.47. The lowest BCUT2D eigenvalue weighted by atomic mass is 9.98. The monoisotopic (exact) mass is 473 g/mol. The van der Waals surface area contributed by atoms with Crippen molar-refractivity contribution in [3.8, 4) is 0 Å². The van der Waals surface area contributed by atoms with Gasteiger partial charge in [0.15, 0.2) is 0 Å². The van der Waals surface area contributed by atoms with Crippen LogP contribution in [0.3, 0.4) is 0 Å². The van der Waals surface area contributed by atoms with Crippen molar-refractivity contribution < 1.29 is 13.2 Å². The molecule has 0 spiro atoms. The van der Waals surface area contributed by atoms with Crippen LogP contribution in [-0.4, -0.2) is 4.57 Å². The van der Waals surface area contributed by atoms with Gasteiger partial charge < -0.3 is 4.57 Å². The number of para-hydroxylation sites is 1. The minimum Gasteiger partial charge on any atom is -0.335 e. The summed E-state index contributed by atoms with van der Waals surface area (Å²) in [6.45, 7) is 0. The molecule has 34 heavy (non-hydrogen) atoms. The first-order valence-electron chi connectivity index (χ1n) is 11.0. The third kappa shape index (κ3) is 4.62. The van der Waals surface area contributed by atoms with Crippen LogP contribution in [-0.2, 0) is 11.9 Å². The fourth-order valence-corrected chi connectivity index (χ4v) is 5.30. The van der Waals surface area contributed by atoms with E-state index in [2.05, 4.69) is 47.2 Å². The molecule has 0 aliphatic heterocycles. The van der Waals surface area contributed by atoms with Crippen molar-refractivity contribution in [3.63, 3.8) is 0 Å². The smallest absolute Gasteiger partial charge is 0.335 e. The van der Waals surface area contributed by atoms with E-state index in [0.29, 0.717) is 11.3 Å². The van der Waals surface area contributed by atoms with E-state index in [9.17, 15) is 13.2 Å². The second-order valence-corrected chi connectivity index (χ2v) is 9.15. The zero-order valence-corrected chi connectivity index (χ0v) is 19.1. The van der Waals surface area contributed by atoms with E-state index < -0.39 is 11.7 Å². The highest BCUT2D eigenvalue weighted by Gasteiger charge is 2.30. The molecule has 0 saturated carbocycles. The van der Waals surface area contributed by atoms with Gasteiger partial charge in [-0.15, -0.1) is 11.8 Å². The Bertz CT molecular complexity index is 1350. The molecule has 1 nitrogen and oxygen atoms in total. The third-order valence-electron chi connectivity index (χ3n) is 5.86. The Morgan fingerprint density at radius 1 is 0.706 bits per heavy atom. The first kappa shape index (κ1) is 22.4. The molecule has 0 atom stereocenters. The molecule has 0 amide bonds. The van der Waals surface area contributed by atoms with E-state index in [1.807, 2.05) is 48.5 Å². The van der Waals surface area contributed by atoms with Gasteiger partial charge in [-0.2, -0.15) is 13.2 Å². The fourth-order valence-electron chi connectivity index (χ4n) is 4.28. The minimum atomic E-state index is -4.34. The zero-order valence-electron chi connectivity index (χ0n) is 18.2. The van der Waals surface area contributed by atoms with E-state index in [0.717, 1.165) is 21.9 Å². The van der Waals surface area contributed by atoms with E-state index in [1.165, 1.54) is 23.3 Å². The number of alkyl halides is 3. The molecule has 0 saturated heterocycles. The summed E-state index contributed by atoms with van der Waals surface area (Å²) in [4.78, 5) is 1.05. The van der Waals surface area contributed by atoms with Crippen molar-refractivity contribution in [2.24, 2.45) is 0 Å². The Balaban J connectivity index is 1.55. The molecule has 0 unspecified atom stereocenters. The summed E-state index contributed by atoms with van der Waals surface area (Å²) >= 11 is 1.56. The molecule has 0 radical (unpaired) electrons. The van der Waals surface area contributed by atoms with Gasteiger partial charge in [0, 0.05) is 22.2 Å². The van der Waals surface area contributed by atoms with Crippen LogP contribution in [0.1, 0.15) is 28.3 Å². The molecular weight excluding hydrogens is 451 g/mol. The molecular formula is C29H22F3NS. The first-order chi connectivity index (χ1) is 16.5. The van der Waals surface area contributed by atoms with Gasteiger partial charge in [0.05, 0.1) is 17.1 Å². The second-order valence-electron chi connectivity index (χ2n) is 8.13. The van der Waals surface area contributed by atoms with Crippen molar-refractivity contribution in [3.05, 3.63) is 138 Å². The molecule has 1 aromatic heterocycles. The number of benzene rings is 4. The number of thioether (sulfide) groups is 1. The molecule has 5 aromatic rings. The lowest BCUT2D eigenvalue weighted by Gasteiger charge is -2.21. The number of rotatable bonds is 6. The van der Waals surface area contributed by atoms with Gasteiger partial charge in [-0.25, -0.2) is 0 Å². The van der Waals surface area contributed by atoms with Crippen LogP contribution in [0.4, 0.5) is 13.2 Å². The molecule has 0 bridgehead atoms. The Morgan fingerprint density at radius 3 is 1.97 bits per heavy atom. The predicted molar refractivity (Wildman–Crippen MR) is 133 cm³/mol. The number of nitrogens with zero attached hydrogens (tertiary/aromatic N) is 1. The molecule has 0 N–H and O–H groups in total. The Labute approximate surface area is 200 Å². The van der Waals surface area contributed by atoms with Gasteiger partial charge in [-0.05, 0) is 28.8 Å². The highest BCUT2D eigenvalue weighted by atomic mass is 32.2. The SMILES string of the molecule is FC(F)(F)c1cccc(CSc2cn(C(c3ccccc3)c3ccccc3)c3ccccc23)c1. The molecule has 170 valence electrons. The van der Waals surface area contributed by atoms with Crippen LogP contribution in [0.2, 0.25) is 0 Å². The molecule has 1 heterocycles. The maximum atomic E-state index is 13.1. The number of hydrogen-bond donors (Lipinski definition) is 0. The van der Waals surface area contributed by atoms with Crippen LogP contribution in [0.5, 0.6) is 0 Å². The van der Waals surface area contributed by atoms with Crippen LogP contribution in [0, 0.1) is 0 Å². The van der Waals surface area contributed by atoms with Crippen molar-refractivity contribution in [2.75, 3.05) is 0 Å². The quantitative estimate of drug-likeness (QED) is 0.224. The van der Waals surface area contributed by atoms with Gasteiger partial charge in [0.1, 0.15) is 0 Å². The van der Waals surface area contributed by atoms with Crippen molar-refractivity contribution in [1.29, 1.82) is 0 Å². The summed E-state index contributed by atoms with van der Waals surface area (Å²) < 4.78 is 41.7. The van der Waals surface area contributed by atoms with E-state index in [1.54, 1.807) is 17.8 Å². The Hall–Kier alpha value is -3.44. The highest BCUT2D eigenvalue weighted by Crippen LogP contribution is 2.38. The maximum Gasteiger partial charge on any atom is 0.416 e. The lowest BCUT2D eigenvalue weighted by Crippen LogP contribution is -2.11. The number of halogens is 3. The van der Waals surface area contributed by atoms with E-state index >= 15 is 0 Å². The number of fused-ring (bicyclic) bond motifs is 1. The second kappa shape index (κ2) is 9.43. The first-order valence-corrected chi connectivity index (χ1v) is 12.0. The summed E-state index contributed by atoms with van der Waals surface area (Å²) in [5, 5.41) is 1.09. The van der Waals surface area contributed by atoms with Crippen molar-refractivity contribution in [2.45, 2.75) is 22.9 Å².